The number of hydrogen-bond acceptors (Lipinski definition) is 1. The van der Waals surface area contributed by atoms with Crippen molar-refractivity contribution >= 4 is 27.3 Å². The molecule has 0 aliphatic rings. The Morgan fingerprint density at radius 1 is 1.29 bits per heavy atom. The van der Waals surface area contributed by atoms with E-state index in [2.05, 4.69) is 15.9 Å². The summed E-state index contributed by atoms with van der Waals surface area (Å²) >= 11 is 4.95. The Balaban J connectivity index is 2.30. The highest BCUT2D eigenvalue weighted by Crippen LogP contribution is 2.32. The average Bonchev–Trinajstić information content (AvgIpc) is 2.77. The number of rotatable bonds is 3. The van der Waals surface area contributed by atoms with Gasteiger partial charge in [-0.05, 0) is 47.4 Å². The summed E-state index contributed by atoms with van der Waals surface area (Å²) in [4.78, 5) is -0.336. The molecule has 0 aliphatic heterocycles. The molecule has 2 aromatic rings. The van der Waals surface area contributed by atoms with E-state index in [9.17, 15) is 8.78 Å². The second-order valence-corrected chi connectivity index (χ2v) is 5.78. The number of thiophene rings is 1. The van der Waals surface area contributed by atoms with Crippen LogP contribution in [0.15, 0.2) is 29.0 Å². The highest BCUT2D eigenvalue weighted by Gasteiger charge is 2.19. The normalized spacial score (nSPS) is 12.7. The van der Waals surface area contributed by atoms with Gasteiger partial charge in [0.05, 0.1) is 0 Å². The molecule has 1 heterocycles. The lowest BCUT2D eigenvalue weighted by Gasteiger charge is -2.13. The third-order valence-electron chi connectivity index (χ3n) is 2.63. The molecule has 2 rings (SSSR count). The van der Waals surface area contributed by atoms with Crippen LogP contribution in [0.5, 0.6) is 0 Å². The van der Waals surface area contributed by atoms with Gasteiger partial charge >= 0.3 is 0 Å². The van der Waals surface area contributed by atoms with Gasteiger partial charge < -0.3 is 0 Å². The number of hydrogen-bond donors (Lipinski definition) is 0. The summed E-state index contributed by atoms with van der Waals surface area (Å²) in [5.74, 6) is -0.952. The van der Waals surface area contributed by atoms with E-state index in [1.165, 1.54) is 12.1 Å². The molecule has 0 amide bonds. The maximum atomic E-state index is 13.9. The lowest BCUT2D eigenvalue weighted by molar-refractivity contribution is 0.548. The van der Waals surface area contributed by atoms with Crippen molar-refractivity contribution in [1.82, 2.24) is 0 Å². The number of benzene rings is 1. The summed E-state index contributed by atoms with van der Waals surface area (Å²) in [5, 5.41) is 3.94. The van der Waals surface area contributed by atoms with Crippen LogP contribution in [0, 0.1) is 18.6 Å². The first-order valence-corrected chi connectivity index (χ1v) is 7.05. The molecule has 0 aliphatic carbocycles. The molecule has 1 atom stereocenters. The van der Waals surface area contributed by atoms with E-state index in [0.29, 0.717) is 12.0 Å². The number of halogens is 3. The Morgan fingerprint density at radius 2 is 2.06 bits per heavy atom. The third-order valence-corrected chi connectivity index (χ3v) is 4.14. The van der Waals surface area contributed by atoms with E-state index in [1.807, 2.05) is 16.8 Å². The Kier molecular flexibility index (Phi) is 3.94. The Hall–Kier alpha value is -0.740. The highest BCUT2D eigenvalue weighted by molar-refractivity contribution is 9.09. The monoisotopic (exact) mass is 316 g/mol. The Morgan fingerprint density at radius 3 is 2.71 bits per heavy atom. The predicted octanol–water partition coefficient (Wildman–Crippen LogP) is 5.01. The molecule has 1 unspecified atom stereocenters. The smallest absolute Gasteiger partial charge is 0.133 e. The largest absolute Gasteiger partial charge is 0.207 e. The molecule has 0 N–H and O–H groups in total. The maximum Gasteiger partial charge on any atom is 0.133 e. The fourth-order valence-corrected chi connectivity index (χ4v) is 3.16. The van der Waals surface area contributed by atoms with Crippen molar-refractivity contribution in [2.24, 2.45) is 0 Å². The van der Waals surface area contributed by atoms with Gasteiger partial charge in [0, 0.05) is 10.4 Å². The second kappa shape index (κ2) is 5.27. The van der Waals surface area contributed by atoms with Crippen molar-refractivity contribution in [1.29, 1.82) is 0 Å². The minimum atomic E-state index is -0.495. The van der Waals surface area contributed by atoms with E-state index >= 15 is 0 Å². The summed E-state index contributed by atoms with van der Waals surface area (Å²) in [5.41, 5.74) is 1.67. The van der Waals surface area contributed by atoms with Crippen molar-refractivity contribution in [2.45, 2.75) is 18.2 Å². The van der Waals surface area contributed by atoms with Crippen LogP contribution < -0.4 is 0 Å². The van der Waals surface area contributed by atoms with Crippen LogP contribution in [0.25, 0.3) is 0 Å². The molecule has 90 valence electrons. The molecular formula is C13H11BrF2S. The molecule has 17 heavy (non-hydrogen) atoms. The SMILES string of the molecule is Cc1ccc(F)c(C(Br)Cc2ccsc2)c1F. The minimum absolute atomic E-state index is 0.121. The van der Waals surface area contributed by atoms with Crippen LogP contribution in [0.4, 0.5) is 8.78 Å². The van der Waals surface area contributed by atoms with Gasteiger partial charge in [-0.3, -0.25) is 0 Å². The van der Waals surface area contributed by atoms with Crippen LogP contribution >= 0.6 is 27.3 Å². The highest BCUT2D eigenvalue weighted by atomic mass is 79.9. The van der Waals surface area contributed by atoms with Crippen molar-refractivity contribution in [3.05, 3.63) is 57.3 Å². The summed E-state index contributed by atoms with van der Waals surface area (Å²) in [6.45, 7) is 1.64. The standard InChI is InChI=1S/C13H11BrF2S/c1-8-2-3-11(15)12(13(8)16)10(14)6-9-4-5-17-7-9/h2-5,7,10H,6H2,1H3. The molecule has 0 fully saturated rings. The Bertz CT molecular complexity index is 508. The van der Waals surface area contributed by atoms with E-state index in [-0.39, 0.29) is 10.4 Å². The molecule has 0 spiro atoms. The molecule has 0 bridgehead atoms. The molecular weight excluding hydrogens is 306 g/mol. The van der Waals surface area contributed by atoms with Gasteiger partial charge in [0.15, 0.2) is 0 Å². The third kappa shape index (κ3) is 2.75. The van der Waals surface area contributed by atoms with Crippen LogP contribution in [-0.4, -0.2) is 0 Å². The van der Waals surface area contributed by atoms with E-state index in [4.69, 9.17) is 0 Å². The van der Waals surface area contributed by atoms with Gasteiger partial charge in [-0.2, -0.15) is 11.3 Å². The van der Waals surface area contributed by atoms with Gasteiger partial charge in [0.1, 0.15) is 11.6 Å². The van der Waals surface area contributed by atoms with Gasteiger partial charge in [-0.1, -0.05) is 22.0 Å². The summed E-state index contributed by atoms with van der Waals surface area (Å²) in [6.07, 6.45) is 0.584. The summed E-state index contributed by atoms with van der Waals surface area (Å²) in [6, 6.07) is 4.73. The molecule has 0 saturated carbocycles. The first-order chi connectivity index (χ1) is 8.09. The zero-order chi connectivity index (χ0) is 12.4. The lowest BCUT2D eigenvalue weighted by Crippen LogP contribution is -2.03. The lowest BCUT2D eigenvalue weighted by atomic mass is 10.0. The van der Waals surface area contributed by atoms with Crippen LogP contribution in [-0.2, 0) is 6.42 Å². The fourth-order valence-electron chi connectivity index (χ4n) is 1.68. The second-order valence-electron chi connectivity index (χ2n) is 3.90. The van der Waals surface area contributed by atoms with Crippen molar-refractivity contribution in [3.63, 3.8) is 0 Å². The summed E-state index contributed by atoms with van der Waals surface area (Å²) < 4.78 is 27.5. The zero-order valence-corrected chi connectivity index (χ0v) is 11.6. The van der Waals surface area contributed by atoms with Crippen LogP contribution in [0.2, 0.25) is 0 Å². The van der Waals surface area contributed by atoms with Gasteiger partial charge in [0.2, 0.25) is 0 Å². The number of alkyl halides is 1. The molecule has 0 nitrogen and oxygen atoms in total. The molecule has 0 radical (unpaired) electrons. The van der Waals surface area contributed by atoms with Gasteiger partial charge in [-0.25, -0.2) is 8.78 Å². The minimum Gasteiger partial charge on any atom is -0.207 e. The predicted molar refractivity (Wildman–Crippen MR) is 70.8 cm³/mol. The quantitative estimate of drug-likeness (QED) is 0.698. The summed E-state index contributed by atoms with van der Waals surface area (Å²) in [7, 11) is 0. The molecule has 1 aromatic heterocycles. The van der Waals surface area contributed by atoms with Crippen LogP contribution in [0.1, 0.15) is 21.5 Å². The molecule has 0 saturated heterocycles. The first-order valence-electron chi connectivity index (χ1n) is 5.19. The van der Waals surface area contributed by atoms with Crippen LogP contribution in [0.3, 0.4) is 0 Å². The first kappa shape index (κ1) is 12.7. The maximum absolute atomic E-state index is 13.9. The van der Waals surface area contributed by atoms with E-state index < -0.39 is 11.6 Å². The zero-order valence-electron chi connectivity index (χ0n) is 9.21. The van der Waals surface area contributed by atoms with Crippen molar-refractivity contribution in [2.75, 3.05) is 0 Å². The number of aryl methyl sites for hydroxylation is 1. The molecule has 1 aromatic carbocycles. The van der Waals surface area contributed by atoms with E-state index in [1.54, 1.807) is 18.3 Å². The van der Waals surface area contributed by atoms with Crippen molar-refractivity contribution in [3.8, 4) is 0 Å². The average molecular weight is 317 g/mol. The van der Waals surface area contributed by atoms with Gasteiger partial charge in [0.25, 0.3) is 0 Å². The fraction of sp³-hybridized carbons (Fsp3) is 0.231. The Labute approximate surface area is 111 Å². The topological polar surface area (TPSA) is 0 Å². The van der Waals surface area contributed by atoms with Gasteiger partial charge in [-0.15, -0.1) is 0 Å². The van der Waals surface area contributed by atoms with Crippen molar-refractivity contribution < 1.29 is 8.78 Å². The molecule has 4 heteroatoms. The van der Waals surface area contributed by atoms with E-state index in [0.717, 1.165) is 5.56 Å².